The van der Waals surface area contributed by atoms with Crippen molar-refractivity contribution in [2.24, 2.45) is 5.92 Å². The maximum absolute atomic E-state index is 12.0. The van der Waals surface area contributed by atoms with E-state index in [1.807, 2.05) is 13.8 Å². The van der Waals surface area contributed by atoms with Crippen molar-refractivity contribution < 1.29 is 9.59 Å². The molecule has 1 aromatic heterocycles. The third kappa shape index (κ3) is 5.26. The third-order valence-electron chi connectivity index (χ3n) is 2.37. The van der Waals surface area contributed by atoms with E-state index in [0.717, 1.165) is 0 Å². The number of rotatable bonds is 5. The average Bonchev–Trinajstić information content (AvgIpc) is 2.35. The Balaban J connectivity index is 2.55. The molecule has 19 heavy (non-hydrogen) atoms. The summed E-state index contributed by atoms with van der Waals surface area (Å²) in [4.78, 5) is 28.8. The normalized spacial score (nSPS) is 10.4. The van der Waals surface area contributed by atoms with Crippen LogP contribution < -0.4 is 5.32 Å². The summed E-state index contributed by atoms with van der Waals surface area (Å²) in [5.74, 6) is -0.145. The summed E-state index contributed by atoms with van der Waals surface area (Å²) >= 11 is 5.72. The number of carbonyl (C=O) groups excluding carboxylic acids is 2. The van der Waals surface area contributed by atoms with Crippen molar-refractivity contribution in [2.45, 2.75) is 13.8 Å². The maximum Gasteiger partial charge on any atom is 0.272 e. The zero-order valence-corrected chi connectivity index (χ0v) is 12.1. The van der Waals surface area contributed by atoms with Gasteiger partial charge in [-0.15, -0.1) is 0 Å². The van der Waals surface area contributed by atoms with E-state index in [9.17, 15) is 9.59 Å². The van der Waals surface area contributed by atoms with Crippen molar-refractivity contribution in [1.29, 1.82) is 0 Å². The Morgan fingerprint density at radius 1 is 1.42 bits per heavy atom. The van der Waals surface area contributed by atoms with E-state index in [0.29, 0.717) is 12.5 Å². The molecule has 1 rings (SSSR count). The molecule has 0 bridgehead atoms. The highest BCUT2D eigenvalue weighted by molar-refractivity contribution is 6.29. The molecule has 1 heterocycles. The fourth-order valence-corrected chi connectivity index (χ4v) is 1.55. The number of nitrogens with zero attached hydrogens (tertiary/aromatic N) is 2. The van der Waals surface area contributed by atoms with Crippen LogP contribution in [-0.4, -0.2) is 41.8 Å². The summed E-state index contributed by atoms with van der Waals surface area (Å²) in [6.07, 6.45) is 0. The molecule has 1 aromatic rings. The van der Waals surface area contributed by atoms with Crippen LogP contribution in [0.3, 0.4) is 0 Å². The lowest BCUT2D eigenvalue weighted by Gasteiger charge is -2.17. The van der Waals surface area contributed by atoms with Crippen LogP contribution in [0.5, 0.6) is 0 Å². The van der Waals surface area contributed by atoms with Gasteiger partial charge in [0.2, 0.25) is 5.91 Å². The lowest BCUT2D eigenvalue weighted by molar-refractivity contribution is -0.121. The molecule has 5 nitrogen and oxygen atoms in total. The van der Waals surface area contributed by atoms with Crippen molar-refractivity contribution in [3.05, 3.63) is 29.0 Å². The molecule has 0 fully saturated rings. The predicted molar refractivity (Wildman–Crippen MR) is 74.1 cm³/mol. The third-order valence-corrected chi connectivity index (χ3v) is 2.58. The number of aromatic nitrogens is 1. The SMILES string of the molecule is CC(C)CNC(=O)CN(C)C(=O)c1cccc(Cl)n1. The Hall–Kier alpha value is -1.62. The van der Waals surface area contributed by atoms with Gasteiger partial charge in [0, 0.05) is 13.6 Å². The van der Waals surface area contributed by atoms with Crippen LogP contribution in [-0.2, 0) is 4.79 Å². The van der Waals surface area contributed by atoms with Crippen molar-refractivity contribution in [1.82, 2.24) is 15.2 Å². The molecule has 0 saturated carbocycles. The largest absolute Gasteiger partial charge is 0.354 e. The van der Waals surface area contributed by atoms with Gasteiger partial charge in [-0.05, 0) is 18.1 Å². The Labute approximate surface area is 118 Å². The Bertz CT molecular complexity index is 463. The van der Waals surface area contributed by atoms with Gasteiger partial charge in [-0.1, -0.05) is 31.5 Å². The number of hydrogen-bond acceptors (Lipinski definition) is 3. The summed E-state index contributed by atoms with van der Waals surface area (Å²) in [6, 6.07) is 4.81. The van der Waals surface area contributed by atoms with E-state index >= 15 is 0 Å². The molecular formula is C13H18ClN3O2. The quantitative estimate of drug-likeness (QED) is 0.835. The van der Waals surface area contributed by atoms with E-state index in [2.05, 4.69) is 10.3 Å². The zero-order valence-electron chi connectivity index (χ0n) is 11.3. The van der Waals surface area contributed by atoms with Crippen LogP contribution in [0.1, 0.15) is 24.3 Å². The minimum absolute atomic E-state index is 0.000251. The van der Waals surface area contributed by atoms with E-state index in [1.54, 1.807) is 25.2 Å². The molecule has 0 aliphatic carbocycles. The van der Waals surface area contributed by atoms with E-state index < -0.39 is 0 Å². The zero-order chi connectivity index (χ0) is 14.4. The van der Waals surface area contributed by atoms with Crippen LogP contribution in [0.2, 0.25) is 5.15 Å². The number of hydrogen-bond donors (Lipinski definition) is 1. The first-order valence-electron chi connectivity index (χ1n) is 6.05. The molecular weight excluding hydrogens is 266 g/mol. The fourth-order valence-electron chi connectivity index (χ4n) is 1.38. The molecule has 0 unspecified atom stereocenters. The molecule has 6 heteroatoms. The minimum atomic E-state index is -0.331. The van der Waals surface area contributed by atoms with Crippen molar-refractivity contribution >= 4 is 23.4 Å². The van der Waals surface area contributed by atoms with Gasteiger partial charge < -0.3 is 10.2 Å². The average molecular weight is 284 g/mol. The first-order chi connectivity index (χ1) is 8.90. The standard InChI is InChI=1S/C13H18ClN3O2/c1-9(2)7-15-12(18)8-17(3)13(19)10-5-4-6-11(14)16-10/h4-6,9H,7-8H2,1-3H3,(H,15,18). The summed E-state index contributed by atoms with van der Waals surface area (Å²) in [5.41, 5.74) is 0.228. The number of nitrogens with one attached hydrogen (secondary N) is 1. The lowest BCUT2D eigenvalue weighted by atomic mass is 10.2. The summed E-state index contributed by atoms with van der Waals surface area (Å²) in [7, 11) is 1.56. The van der Waals surface area contributed by atoms with Gasteiger partial charge in [0.15, 0.2) is 0 Å². The van der Waals surface area contributed by atoms with Gasteiger partial charge >= 0.3 is 0 Å². The highest BCUT2D eigenvalue weighted by Crippen LogP contribution is 2.06. The van der Waals surface area contributed by atoms with Gasteiger partial charge in [0.25, 0.3) is 5.91 Å². The van der Waals surface area contributed by atoms with Gasteiger partial charge in [-0.3, -0.25) is 9.59 Å². The van der Waals surface area contributed by atoms with Crippen LogP contribution in [0.4, 0.5) is 0 Å². The molecule has 0 aromatic carbocycles. The first kappa shape index (κ1) is 15.4. The van der Waals surface area contributed by atoms with Gasteiger partial charge in [0.1, 0.15) is 10.8 Å². The fraction of sp³-hybridized carbons (Fsp3) is 0.462. The second-order valence-corrected chi connectivity index (χ2v) is 5.09. The van der Waals surface area contributed by atoms with Crippen molar-refractivity contribution in [3.63, 3.8) is 0 Å². The topological polar surface area (TPSA) is 62.3 Å². The van der Waals surface area contributed by atoms with E-state index in [1.165, 1.54) is 4.90 Å². The molecule has 2 amide bonds. The maximum atomic E-state index is 12.0. The second kappa shape index (κ2) is 7.09. The molecule has 0 aliphatic heterocycles. The highest BCUT2D eigenvalue weighted by Gasteiger charge is 2.16. The Morgan fingerprint density at radius 3 is 2.68 bits per heavy atom. The number of likely N-dealkylation sites (N-methyl/N-ethyl adjacent to an activating group) is 1. The number of pyridine rings is 1. The van der Waals surface area contributed by atoms with Gasteiger partial charge in [-0.2, -0.15) is 0 Å². The van der Waals surface area contributed by atoms with Crippen LogP contribution in [0.25, 0.3) is 0 Å². The first-order valence-corrected chi connectivity index (χ1v) is 6.42. The predicted octanol–water partition coefficient (Wildman–Crippen LogP) is 1.58. The minimum Gasteiger partial charge on any atom is -0.354 e. The Kier molecular flexibility index (Phi) is 5.76. The Morgan fingerprint density at radius 2 is 2.11 bits per heavy atom. The van der Waals surface area contributed by atoms with Crippen molar-refractivity contribution in [3.8, 4) is 0 Å². The highest BCUT2D eigenvalue weighted by atomic mass is 35.5. The van der Waals surface area contributed by atoms with E-state index in [-0.39, 0.29) is 29.2 Å². The molecule has 1 N–H and O–H groups in total. The summed E-state index contributed by atoms with van der Waals surface area (Å²) in [5, 5.41) is 3.00. The molecule has 0 atom stereocenters. The number of carbonyl (C=O) groups is 2. The molecule has 0 radical (unpaired) electrons. The monoisotopic (exact) mass is 283 g/mol. The smallest absolute Gasteiger partial charge is 0.272 e. The number of halogens is 1. The van der Waals surface area contributed by atoms with Crippen LogP contribution >= 0.6 is 11.6 Å². The van der Waals surface area contributed by atoms with Crippen LogP contribution in [0, 0.1) is 5.92 Å². The molecule has 0 aliphatic rings. The van der Waals surface area contributed by atoms with Crippen molar-refractivity contribution in [2.75, 3.05) is 20.1 Å². The molecule has 0 spiro atoms. The van der Waals surface area contributed by atoms with Gasteiger partial charge in [0.05, 0.1) is 6.54 Å². The van der Waals surface area contributed by atoms with Crippen LogP contribution in [0.15, 0.2) is 18.2 Å². The summed E-state index contributed by atoms with van der Waals surface area (Å²) < 4.78 is 0. The summed E-state index contributed by atoms with van der Waals surface area (Å²) in [6.45, 7) is 4.60. The lowest BCUT2D eigenvalue weighted by Crippen LogP contribution is -2.39. The van der Waals surface area contributed by atoms with Gasteiger partial charge in [-0.25, -0.2) is 4.98 Å². The second-order valence-electron chi connectivity index (χ2n) is 4.70. The number of amides is 2. The van der Waals surface area contributed by atoms with E-state index in [4.69, 9.17) is 11.6 Å². The molecule has 104 valence electrons. The molecule has 0 saturated heterocycles.